The summed E-state index contributed by atoms with van der Waals surface area (Å²) >= 11 is -0.910. The Bertz CT molecular complexity index is 854. The highest BCUT2D eigenvalue weighted by Crippen LogP contribution is 2.47. The van der Waals surface area contributed by atoms with Gasteiger partial charge in [-0.15, -0.1) is 0 Å². The van der Waals surface area contributed by atoms with E-state index in [2.05, 4.69) is 12.2 Å². The Morgan fingerprint density at radius 2 is 1.76 bits per heavy atom. The van der Waals surface area contributed by atoms with E-state index in [1.165, 1.54) is 6.92 Å². The van der Waals surface area contributed by atoms with Gasteiger partial charge in [0.25, 0.3) is 0 Å². The quantitative estimate of drug-likeness (QED) is 0.235. The fraction of sp³-hybridized carbons (Fsp3) is 0.897. The van der Waals surface area contributed by atoms with Gasteiger partial charge in [0.2, 0.25) is 0 Å². The molecule has 0 radical (unpaired) electrons. The molecule has 0 spiro atoms. The van der Waals surface area contributed by atoms with Crippen molar-refractivity contribution in [2.24, 2.45) is 29.1 Å². The number of ether oxygens (including phenoxy) is 2. The van der Waals surface area contributed by atoms with Crippen molar-refractivity contribution >= 4 is 36.4 Å². The first-order chi connectivity index (χ1) is 17.5. The summed E-state index contributed by atoms with van der Waals surface area (Å²) in [6.07, 6.45) is 0.939. The summed E-state index contributed by atoms with van der Waals surface area (Å²) in [5, 5.41) is 26.5. The highest BCUT2D eigenvalue weighted by molar-refractivity contribution is 14.2. The third kappa shape index (κ3) is 7.05. The summed E-state index contributed by atoms with van der Waals surface area (Å²) in [5.41, 5.74) is -3.04. The van der Waals surface area contributed by atoms with Crippen LogP contribution in [0.1, 0.15) is 88.0 Å². The minimum Gasteiger partial charge on any atom is -0.459 e. The molecule has 2 aliphatic heterocycles. The van der Waals surface area contributed by atoms with Gasteiger partial charge >= 0.3 is 5.97 Å². The Balaban J connectivity index is 2.63. The monoisotopic (exact) mass is 653 g/mol. The number of Topliss-reactive ketones (excluding diaryl/α,β-unsaturated/α-hetero) is 1. The zero-order valence-corrected chi connectivity index (χ0v) is 27.3. The fourth-order valence-corrected chi connectivity index (χ4v) is 8.39. The molecule has 9 heteroatoms. The molecule has 2 aliphatic rings. The summed E-state index contributed by atoms with van der Waals surface area (Å²) in [4.78, 5) is 26.7. The van der Waals surface area contributed by atoms with E-state index in [9.17, 15) is 19.8 Å². The molecule has 2 heterocycles. The molecule has 3 N–H and O–H groups in total. The molecule has 0 aromatic carbocycles. The molecule has 0 saturated carbocycles. The van der Waals surface area contributed by atoms with Gasteiger partial charge < -0.3 is 28.1 Å². The second-order valence-electron chi connectivity index (χ2n) is 12.4. The van der Waals surface area contributed by atoms with Crippen LogP contribution < -0.4 is 5.32 Å². The molecular weight excluding hydrogens is 601 g/mol. The number of carbonyl (C=O) groups is 2. The second kappa shape index (κ2) is 13.5. The molecular formula is C29H52INO7. The summed E-state index contributed by atoms with van der Waals surface area (Å²) in [6, 6.07) is 0. The van der Waals surface area contributed by atoms with Crippen molar-refractivity contribution in [3.05, 3.63) is 0 Å². The van der Waals surface area contributed by atoms with Crippen LogP contribution in [0.2, 0.25) is 0 Å². The van der Waals surface area contributed by atoms with Gasteiger partial charge in [-0.05, 0) is 62.4 Å². The van der Waals surface area contributed by atoms with Gasteiger partial charge in [0.15, 0.2) is 0 Å². The predicted molar refractivity (Wildman–Crippen MR) is 158 cm³/mol. The standard InChI is InChI=1S/C29H52INO7/c1-11-22-29(9,35)25(33)18(3)23(30-38-21-13-12-14-31-16-21)17(2)15-28(8,36-10)27(6,7)20(5)24(32)19(4)26(34)37-22/h17-22,25,31,33,35H,11-16H2,1-10H3/t17-,18+,19-,20+,21-,22-,25-,28-,29-/m1/s1. The zero-order valence-electron chi connectivity index (χ0n) is 25.1. The first-order valence-electron chi connectivity index (χ1n) is 14.1. The summed E-state index contributed by atoms with van der Waals surface area (Å²) in [7, 11) is 1.67. The minimum atomic E-state index is -1.72. The van der Waals surface area contributed by atoms with E-state index in [-0.39, 0.29) is 17.8 Å². The molecule has 2 rings (SSSR count). The number of ketones is 1. The number of aliphatic hydroxyl groups is 2. The number of nitrogens with one attached hydrogen (secondary N) is 1. The number of piperidine rings is 1. The molecule has 0 aromatic rings. The molecule has 0 amide bonds. The maximum absolute atomic E-state index is 13.5. The van der Waals surface area contributed by atoms with E-state index in [0.717, 1.165) is 29.4 Å². The number of cyclic esters (lactones) is 1. The minimum absolute atomic E-state index is 0.00526. The van der Waals surface area contributed by atoms with Crippen LogP contribution in [-0.4, -0.2) is 75.2 Å². The number of aliphatic hydroxyl groups excluding tert-OH is 1. The number of carbonyl (C=O) groups excluding carboxylic acids is 2. The largest absolute Gasteiger partial charge is 0.459 e. The SMILES string of the molecule is CC[C@H]1OC(=O)[C@H](C)C(=O)[C@H](C)C(C)(C)[C@](C)(OC)C[C@@H](C)C(=IO[C@@H]2CCCNC2)[C@H](C)[C@@H](O)[C@]1(C)O. The lowest BCUT2D eigenvalue weighted by Crippen LogP contribution is -2.57. The number of rotatable bonds is 4. The number of hydrogen-bond acceptors (Lipinski definition) is 8. The number of methoxy groups -OCH3 is 1. The van der Waals surface area contributed by atoms with E-state index in [1.54, 1.807) is 21.0 Å². The fourth-order valence-electron chi connectivity index (χ4n) is 5.91. The van der Waals surface area contributed by atoms with Gasteiger partial charge in [-0.1, -0.05) is 41.5 Å². The highest BCUT2D eigenvalue weighted by Gasteiger charge is 2.52. The molecule has 2 saturated heterocycles. The van der Waals surface area contributed by atoms with Crippen LogP contribution in [0.5, 0.6) is 0 Å². The van der Waals surface area contributed by atoms with E-state index in [1.807, 2.05) is 34.6 Å². The molecule has 0 aliphatic carbocycles. The Labute approximate surface area is 240 Å². The summed E-state index contributed by atoms with van der Waals surface area (Å²) < 4.78 is 19.4. The van der Waals surface area contributed by atoms with Gasteiger partial charge in [0, 0.05) is 52.1 Å². The van der Waals surface area contributed by atoms with Gasteiger partial charge in [0.1, 0.15) is 23.4 Å². The van der Waals surface area contributed by atoms with Gasteiger partial charge in [-0.25, -0.2) is 0 Å². The average Bonchev–Trinajstić information content (AvgIpc) is 2.89. The van der Waals surface area contributed by atoms with Crippen LogP contribution in [0.4, 0.5) is 0 Å². The van der Waals surface area contributed by atoms with Crippen LogP contribution in [0, 0.1) is 29.1 Å². The first kappa shape index (κ1) is 33.7. The van der Waals surface area contributed by atoms with Gasteiger partial charge in [-0.2, -0.15) is 0 Å². The van der Waals surface area contributed by atoms with Gasteiger partial charge in [-0.3, -0.25) is 9.59 Å². The van der Waals surface area contributed by atoms with Crippen LogP contribution in [0.3, 0.4) is 0 Å². The van der Waals surface area contributed by atoms with Gasteiger partial charge in [0.05, 0.1) is 17.8 Å². The lowest BCUT2D eigenvalue weighted by atomic mass is 9.62. The van der Waals surface area contributed by atoms with E-state index in [4.69, 9.17) is 12.5 Å². The van der Waals surface area contributed by atoms with E-state index >= 15 is 0 Å². The lowest BCUT2D eigenvalue weighted by Gasteiger charge is -2.49. The van der Waals surface area contributed by atoms with E-state index < -0.39 is 73.7 Å². The molecule has 0 aromatic heterocycles. The lowest BCUT2D eigenvalue weighted by molar-refractivity contribution is -0.187. The molecule has 0 bridgehead atoms. The number of hydrogen-bond donors (Lipinski definition) is 3. The topological polar surface area (TPSA) is 114 Å². The molecule has 2 fully saturated rings. The molecule has 8 nitrogen and oxygen atoms in total. The van der Waals surface area contributed by atoms with E-state index in [0.29, 0.717) is 12.8 Å². The predicted octanol–water partition coefficient (Wildman–Crippen LogP) is 4.20. The smallest absolute Gasteiger partial charge is 0.316 e. The normalized spacial score (nSPS) is 43.2. The zero-order chi connectivity index (χ0) is 29.1. The molecule has 0 unspecified atom stereocenters. The first-order valence-corrected chi connectivity index (χ1v) is 16.1. The Hall–Kier alpha value is -0.460. The third-order valence-corrected chi connectivity index (χ3v) is 13.1. The average molecular weight is 654 g/mol. The van der Waals surface area contributed by atoms with Crippen LogP contribution >= 0.6 is 21.1 Å². The second-order valence-corrected chi connectivity index (χ2v) is 14.6. The summed E-state index contributed by atoms with van der Waals surface area (Å²) in [5.74, 6) is -2.80. The van der Waals surface area contributed by atoms with Crippen molar-refractivity contribution < 1.29 is 32.3 Å². The third-order valence-electron chi connectivity index (χ3n) is 9.57. The number of halogens is 1. The Morgan fingerprint density at radius 1 is 1.13 bits per heavy atom. The van der Waals surface area contributed by atoms with Crippen molar-refractivity contribution in [2.45, 2.75) is 118 Å². The van der Waals surface area contributed by atoms with Crippen molar-refractivity contribution in [1.82, 2.24) is 5.32 Å². The van der Waals surface area contributed by atoms with Crippen molar-refractivity contribution in [1.29, 1.82) is 0 Å². The van der Waals surface area contributed by atoms with Crippen molar-refractivity contribution in [3.8, 4) is 0 Å². The van der Waals surface area contributed by atoms with Crippen LogP contribution in [0.25, 0.3) is 0 Å². The van der Waals surface area contributed by atoms with Crippen molar-refractivity contribution in [2.75, 3.05) is 20.2 Å². The Kier molecular flexibility index (Phi) is 12.0. The molecule has 9 atom stereocenters. The van der Waals surface area contributed by atoms with Crippen LogP contribution in [0.15, 0.2) is 0 Å². The summed E-state index contributed by atoms with van der Waals surface area (Å²) in [6.45, 7) is 18.7. The maximum Gasteiger partial charge on any atom is 0.316 e. The maximum atomic E-state index is 13.5. The molecule has 222 valence electrons. The van der Waals surface area contributed by atoms with Crippen molar-refractivity contribution in [3.63, 3.8) is 0 Å². The highest BCUT2D eigenvalue weighted by atomic mass is 127. The van der Waals surface area contributed by atoms with Crippen LogP contribution in [-0.2, 0) is 22.1 Å². The number of esters is 1. The Morgan fingerprint density at radius 3 is 2.29 bits per heavy atom. The molecule has 38 heavy (non-hydrogen) atoms.